The number of ether oxygens (including phenoxy) is 1. The van der Waals surface area contributed by atoms with Gasteiger partial charge in [-0.2, -0.15) is 13.2 Å². The summed E-state index contributed by atoms with van der Waals surface area (Å²) in [4.78, 5) is 15.0. The molecule has 4 rings (SSSR count). The molecule has 0 saturated carbocycles. The third-order valence-electron chi connectivity index (χ3n) is 5.67. The summed E-state index contributed by atoms with van der Waals surface area (Å²) in [5.74, 6) is -1.62. The second-order valence-electron chi connectivity index (χ2n) is 8.58. The Morgan fingerprint density at radius 2 is 1.69 bits per heavy atom. The fourth-order valence-electron chi connectivity index (χ4n) is 4.25. The zero-order valence-electron chi connectivity index (χ0n) is 19.2. The van der Waals surface area contributed by atoms with E-state index in [4.69, 9.17) is 4.74 Å². The highest BCUT2D eigenvalue weighted by atomic mass is 19.4. The number of alkyl halides is 3. The second-order valence-corrected chi connectivity index (χ2v) is 8.58. The zero-order chi connectivity index (χ0) is 25.2. The summed E-state index contributed by atoms with van der Waals surface area (Å²) in [5, 5.41) is 9.54. The van der Waals surface area contributed by atoms with Crippen molar-refractivity contribution in [3.63, 3.8) is 0 Å². The quantitative estimate of drug-likeness (QED) is 0.529. The van der Waals surface area contributed by atoms with Crippen molar-refractivity contribution < 1.29 is 27.1 Å². The standard InChI is InChI=1S/C24H25F4N5O2/c1-15-12-32(13-16(2)35-15)14-18-6-4-3-5-17(18)11-29-23(34)21-22(24(26,27)28)33(31-30-21)20-9-7-19(25)8-10-20/h3-10,15-16H,11-14H2,1-2H3,(H,29,34). The van der Waals surface area contributed by atoms with Gasteiger partial charge in [0.1, 0.15) is 5.82 Å². The third-order valence-corrected chi connectivity index (χ3v) is 5.67. The second kappa shape index (κ2) is 10.1. The van der Waals surface area contributed by atoms with Crippen LogP contribution in [0.4, 0.5) is 17.6 Å². The van der Waals surface area contributed by atoms with Crippen molar-refractivity contribution in [3.8, 4) is 5.69 Å². The van der Waals surface area contributed by atoms with E-state index < -0.39 is 29.3 Å². The summed E-state index contributed by atoms with van der Waals surface area (Å²) in [5.41, 5.74) is -0.502. The van der Waals surface area contributed by atoms with Gasteiger partial charge in [0.2, 0.25) is 0 Å². The summed E-state index contributed by atoms with van der Waals surface area (Å²) in [6, 6.07) is 11.7. The molecule has 1 aromatic heterocycles. The van der Waals surface area contributed by atoms with Crippen LogP contribution in [0.15, 0.2) is 48.5 Å². The number of hydrogen-bond acceptors (Lipinski definition) is 5. The van der Waals surface area contributed by atoms with Crippen molar-refractivity contribution in [3.05, 3.63) is 76.9 Å². The van der Waals surface area contributed by atoms with Crippen molar-refractivity contribution >= 4 is 5.91 Å². The lowest BCUT2D eigenvalue weighted by atomic mass is 10.1. The molecule has 1 saturated heterocycles. The average molecular weight is 491 g/mol. The molecule has 11 heteroatoms. The number of aromatic nitrogens is 3. The van der Waals surface area contributed by atoms with E-state index in [1.807, 2.05) is 38.1 Å². The van der Waals surface area contributed by atoms with Crippen molar-refractivity contribution in [2.24, 2.45) is 0 Å². The lowest BCUT2D eigenvalue weighted by Crippen LogP contribution is -2.45. The van der Waals surface area contributed by atoms with E-state index in [0.717, 1.165) is 48.5 Å². The van der Waals surface area contributed by atoms with Crippen LogP contribution in [0.25, 0.3) is 5.69 Å². The van der Waals surface area contributed by atoms with Crippen LogP contribution in [0.3, 0.4) is 0 Å². The van der Waals surface area contributed by atoms with E-state index >= 15 is 0 Å². The molecule has 2 atom stereocenters. The van der Waals surface area contributed by atoms with Crippen LogP contribution in [0.5, 0.6) is 0 Å². The van der Waals surface area contributed by atoms with Gasteiger partial charge in [-0.3, -0.25) is 9.69 Å². The highest BCUT2D eigenvalue weighted by Gasteiger charge is 2.42. The number of rotatable bonds is 6. The van der Waals surface area contributed by atoms with Gasteiger partial charge in [-0.05, 0) is 49.2 Å². The number of nitrogens with zero attached hydrogens (tertiary/aromatic N) is 4. The molecule has 2 unspecified atom stereocenters. The fraction of sp³-hybridized carbons (Fsp3) is 0.375. The van der Waals surface area contributed by atoms with Crippen LogP contribution in [0, 0.1) is 5.82 Å². The first-order valence-corrected chi connectivity index (χ1v) is 11.1. The van der Waals surface area contributed by atoms with Crippen molar-refractivity contribution in [1.29, 1.82) is 0 Å². The molecule has 0 spiro atoms. The van der Waals surface area contributed by atoms with Gasteiger partial charge in [0.15, 0.2) is 11.4 Å². The van der Waals surface area contributed by atoms with Gasteiger partial charge >= 0.3 is 6.18 Å². The van der Waals surface area contributed by atoms with Gasteiger partial charge < -0.3 is 10.1 Å². The Balaban J connectivity index is 1.52. The number of carbonyl (C=O) groups excluding carboxylic acids is 1. The van der Waals surface area contributed by atoms with Crippen molar-refractivity contribution in [2.75, 3.05) is 13.1 Å². The number of amides is 1. The SMILES string of the molecule is CC1CN(Cc2ccccc2CNC(=O)c2nnn(-c3ccc(F)cc3)c2C(F)(F)F)CC(C)O1. The van der Waals surface area contributed by atoms with Gasteiger partial charge in [-0.1, -0.05) is 29.5 Å². The van der Waals surface area contributed by atoms with E-state index in [9.17, 15) is 22.4 Å². The summed E-state index contributed by atoms with van der Waals surface area (Å²) in [6.45, 7) is 6.17. The molecule has 0 aliphatic carbocycles. The van der Waals surface area contributed by atoms with Gasteiger partial charge in [-0.25, -0.2) is 9.07 Å². The smallest absolute Gasteiger partial charge is 0.373 e. The molecule has 3 aromatic rings. The van der Waals surface area contributed by atoms with E-state index in [0.29, 0.717) is 11.2 Å². The highest BCUT2D eigenvalue weighted by Crippen LogP contribution is 2.32. The number of benzene rings is 2. The lowest BCUT2D eigenvalue weighted by molar-refractivity contribution is -0.143. The van der Waals surface area contributed by atoms with Crippen LogP contribution in [-0.4, -0.2) is 51.1 Å². The number of morpholine rings is 1. The molecule has 0 radical (unpaired) electrons. The maximum absolute atomic E-state index is 13.8. The van der Waals surface area contributed by atoms with Gasteiger partial charge in [-0.15, -0.1) is 5.10 Å². The molecule has 2 aromatic carbocycles. The van der Waals surface area contributed by atoms with E-state index in [1.165, 1.54) is 0 Å². The Hall–Kier alpha value is -3.31. The third kappa shape index (κ3) is 5.85. The Kier molecular flexibility index (Phi) is 7.18. The first-order valence-electron chi connectivity index (χ1n) is 11.1. The number of carbonyl (C=O) groups is 1. The number of halogens is 4. The Labute approximate surface area is 199 Å². The van der Waals surface area contributed by atoms with Gasteiger partial charge in [0.25, 0.3) is 5.91 Å². The number of nitrogens with one attached hydrogen (secondary N) is 1. The molecule has 0 bridgehead atoms. The maximum atomic E-state index is 13.8. The largest absolute Gasteiger partial charge is 0.435 e. The molecule has 2 heterocycles. The molecular weight excluding hydrogens is 466 g/mol. The minimum Gasteiger partial charge on any atom is -0.373 e. The molecule has 1 amide bonds. The summed E-state index contributed by atoms with van der Waals surface area (Å²) in [7, 11) is 0. The molecule has 35 heavy (non-hydrogen) atoms. The van der Waals surface area contributed by atoms with Crippen molar-refractivity contribution in [2.45, 2.75) is 45.3 Å². The van der Waals surface area contributed by atoms with Crippen LogP contribution < -0.4 is 5.32 Å². The molecule has 1 fully saturated rings. The Morgan fingerprint density at radius 3 is 2.31 bits per heavy atom. The monoisotopic (exact) mass is 491 g/mol. The molecule has 1 N–H and O–H groups in total. The van der Waals surface area contributed by atoms with Crippen LogP contribution >= 0.6 is 0 Å². The van der Waals surface area contributed by atoms with Crippen LogP contribution in [-0.2, 0) is 24.0 Å². The Bertz CT molecular complexity index is 1170. The highest BCUT2D eigenvalue weighted by molar-refractivity contribution is 5.93. The normalized spacial score (nSPS) is 19.0. The summed E-state index contributed by atoms with van der Waals surface area (Å²) < 4.78 is 61.0. The maximum Gasteiger partial charge on any atom is 0.435 e. The first-order chi connectivity index (χ1) is 16.6. The topological polar surface area (TPSA) is 72.3 Å². The number of hydrogen-bond donors (Lipinski definition) is 1. The summed E-state index contributed by atoms with van der Waals surface area (Å²) in [6.07, 6.45) is -4.73. The van der Waals surface area contributed by atoms with E-state index in [-0.39, 0.29) is 24.4 Å². The van der Waals surface area contributed by atoms with E-state index in [2.05, 4.69) is 20.5 Å². The van der Waals surface area contributed by atoms with Gasteiger partial charge in [0, 0.05) is 26.2 Å². The van der Waals surface area contributed by atoms with Crippen molar-refractivity contribution in [1.82, 2.24) is 25.2 Å². The predicted molar refractivity (Wildman–Crippen MR) is 119 cm³/mol. The molecule has 1 aliphatic rings. The van der Waals surface area contributed by atoms with Crippen LogP contribution in [0.1, 0.15) is 41.2 Å². The molecule has 186 valence electrons. The minimum absolute atomic E-state index is 0.0190. The van der Waals surface area contributed by atoms with E-state index in [1.54, 1.807) is 0 Å². The first kappa shape index (κ1) is 24.8. The zero-order valence-corrected chi connectivity index (χ0v) is 19.2. The lowest BCUT2D eigenvalue weighted by Gasteiger charge is -2.35. The summed E-state index contributed by atoms with van der Waals surface area (Å²) >= 11 is 0. The fourth-order valence-corrected chi connectivity index (χ4v) is 4.25. The average Bonchev–Trinajstić information content (AvgIpc) is 3.24. The predicted octanol–water partition coefficient (Wildman–Crippen LogP) is 3.96. The van der Waals surface area contributed by atoms with Crippen LogP contribution in [0.2, 0.25) is 0 Å². The Morgan fingerprint density at radius 1 is 1.06 bits per heavy atom. The molecule has 7 nitrogen and oxygen atoms in total. The molecule has 1 aliphatic heterocycles. The molecular formula is C24H25F4N5O2. The minimum atomic E-state index is -4.91. The van der Waals surface area contributed by atoms with Gasteiger partial charge in [0.05, 0.1) is 17.9 Å².